The van der Waals surface area contributed by atoms with Crippen LogP contribution in [0, 0.1) is 0 Å². The van der Waals surface area contributed by atoms with Gasteiger partial charge >= 0.3 is 18.0 Å². The molecule has 4 amide bonds. The number of amides is 4. The quantitative estimate of drug-likeness (QED) is 0.0438. The zero-order valence-corrected chi connectivity index (χ0v) is 35.4. The molecule has 334 valence electrons. The second-order valence-electron chi connectivity index (χ2n) is 15.7. The number of ether oxygens (including phenoxy) is 3. The Hall–Kier alpha value is -7.88. The highest BCUT2D eigenvalue weighted by atomic mass is 16.6. The smallest absolute Gasteiger partial charge is 0.408 e. The van der Waals surface area contributed by atoms with Crippen molar-refractivity contribution in [2.75, 3.05) is 0 Å². The summed E-state index contributed by atoms with van der Waals surface area (Å²) in [5.74, 6) is -5.67. The van der Waals surface area contributed by atoms with Crippen LogP contribution in [0.5, 0.6) is 17.2 Å². The van der Waals surface area contributed by atoms with Crippen LogP contribution >= 0.6 is 0 Å². The van der Waals surface area contributed by atoms with Crippen molar-refractivity contribution in [3.05, 3.63) is 161 Å². The number of phenols is 3. The van der Waals surface area contributed by atoms with Gasteiger partial charge in [0, 0.05) is 12.5 Å². The molecule has 5 rings (SSSR count). The van der Waals surface area contributed by atoms with E-state index in [1.54, 1.807) is 112 Å². The maximum atomic E-state index is 14.5. The summed E-state index contributed by atoms with van der Waals surface area (Å²) in [6.07, 6.45) is -1.80. The van der Waals surface area contributed by atoms with Crippen LogP contribution in [0.25, 0.3) is 0 Å². The van der Waals surface area contributed by atoms with Gasteiger partial charge in [-0.3, -0.25) is 19.2 Å². The van der Waals surface area contributed by atoms with Gasteiger partial charge in [0.2, 0.25) is 17.7 Å². The number of rotatable bonds is 18. The summed E-state index contributed by atoms with van der Waals surface area (Å²) in [4.78, 5) is 82.8. The molecule has 5 aromatic carbocycles. The van der Waals surface area contributed by atoms with Crippen LogP contribution in [0.15, 0.2) is 133 Å². The maximum Gasteiger partial charge on any atom is 0.408 e. The lowest BCUT2D eigenvalue weighted by molar-refractivity contribution is -0.155. The van der Waals surface area contributed by atoms with Crippen LogP contribution in [0.4, 0.5) is 4.79 Å². The minimum absolute atomic E-state index is 0.0838. The predicted molar refractivity (Wildman–Crippen MR) is 232 cm³/mol. The van der Waals surface area contributed by atoms with Gasteiger partial charge in [0.25, 0.3) is 0 Å². The van der Waals surface area contributed by atoms with E-state index in [1.165, 1.54) is 24.3 Å². The average molecular weight is 875 g/mol. The molecule has 4 atom stereocenters. The first-order valence-corrected chi connectivity index (χ1v) is 20.2. The highest BCUT2D eigenvalue weighted by Crippen LogP contribution is 2.27. The molecule has 0 fully saturated rings. The first kappa shape index (κ1) is 47.2. The normalized spacial score (nSPS) is 12.9. The van der Waals surface area contributed by atoms with E-state index in [-0.39, 0.29) is 36.5 Å². The summed E-state index contributed by atoms with van der Waals surface area (Å²) in [5, 5.41) is 40.9. The van der Waals surface area contributed by atoms with Crippen LogP contribution in [-0.4, -0.2) is 68.8 Å². The van der Waals surface area contributed by atoms with Crippen molar-refractivity contribution >= 4 is 35.8 Å². The van der Waals surface area contributed by atoms with Crippen molar-refractivity contribution in [1.29, 1.82) is 0 Å². The van der Waals surface area contributed by atoms with Gasteiger partial charge < -0.3 is 50.8 Å². The minimum Gasteiger partial charge on any atom is -0.508 e. The number of nitrogens with one attached hydrogen (secondary N) is 4. The highest BCUT2D eigenvalue weighted by molar-refractivity contribution is 5.96. The van der Waals surface area contributed by atoms with Crippen LogP contribution < -0.4 is 21.3 Å². The van der Waals surface area contributed by atoms with E-state index in [0.29, 0.717) is 16.7 Å². The Balaban J connectivity index is 1.44. The molecule has 0 heterocycles. The lowest BCUT2D eigenvalue weighted by Crippen LogP contribution is -2.55. The molecule has 0 bridgehead atoms. The number of esters is 2. The molecule has 0 unspecified atom stereocenters. The molecule has 0 spiro atoms. The molecule has 0 saturated carbocycles. The van der Waals surface area contributed by atoms with E-state index in [9.17, 15) is 44.1 Å². The summed E-state index contributed by atoms with van der Waals surface area (Å²) in [6.45, 7) is 4.53. The molecule has 0 aliphatic heterocycles. The zero-order valence-electron chi connectivity index (χ0n) is 35.4. The molecule has 0 aromatic heterocycles. The highest BCUT2D eigenvalue weighted by Gasteiger charge is 2.35. The first-order valence-electron chi connectivity index (χ1n) is 20.2. The molecule has 5 aromatic rings. The van der Waals surface area contributed by atoms with Gasteiger partial charge in [-0.25, -0.2) is 9.59 Å². The molecule has 16 nitrogen and oxygen atoms in total. The Kier molecular flexibility index (Phi) is 16.4. The number of hydrogen-bond donors (Lipinski definition) is 7. The van der Waals surface area contributed by atoms with Gasteiger partial charge in [-0.15, -0.1) is 0 Å². The zero-order chi connectivity index (χ0) is 46.2. The van der Waals surface area contributed by atoms with E-state index in [4.69, 9.17) is 14.2 Å². The summed E-state index contributed by atoms with van der Waals surface area (Å²) in [7, 11) is 0. The van der Waals surface area contributed by atoms with Crippen molar-refractivity contribution in [1.82, 2.24) is 21.3 Å². The number of phenolic OH excluding ortho intramolecular Hbond substituents is 3. The SMILES string of the molecule is CC(C)(C)OC(=O)N[C@@H](C(=O)N[C@H](C(=O)N[C@@H](Cc1ccccc1)C(=O)N[C@@H](CC(=O)OCc1ccccc1)C(=O)OCc1ccccc1)c1ccc(O)cc1)c1cc(O)cc(O)c1. The number of benzene rings is 5. The molecule has 64 heavy (non-hydrogen) atoms. The fourth-order valence-corrected chi connectivity index (χ4v) is 6.28. The third-order valence-electron chi connectivity index (χ3n) is 9.31. The summed E-state index contributed by atoms with van der Waals surface area (Å²) in [6, 6.07) is 28.4. The van der Waals surface area contributed by atoms with Gasteiger partial charge in [0.15, 0.2) is 0 Å². The molecule has 0 radical (unpaired) electrons. The Morgan fingerprint density at radius 3 is 1.55 bits per heavy atom. The summed E-state index contributed by atoms with van der Waals surface area (Å²) in [5.41, 5.74) is 0.975. The lowest BCUT2D eigenvalue weighted by Gasteiger charge is -2.27. The largest absolute Gasteiger partial charge is 0.508 e. The van der Waals surface area contributed by atoms with Crippen molar-refractivity contribution in [2.45, 2.75) is 76.6 Å². The van der Waals surface area contributed by atoms with E-state index < -0.39 is 83.4 Å². The van der Waals surface area contributed by atoms with Crippen LogP contribution in [0.3, 0.4) is 0 Å². The third kappa shape index (κ3) is 14.9. The third-order valence-corrected chi connectivity index (χ3v) is 9.31. The standard InChI is InChI=1S/C48H50N4O12/c1-48(2,3)64-47(61)52-42(34-24-36(54)26-37(55)25-34)45(59)51-41(33-19-21-35(53)22-20-33)44(58)49-38(23-30-13-7-4-8-14-30)43(57)50-39(46(60)63-29-32-17-11-6-12-18-32)27-40(56)62-28-31-15-9-5-10-16-31/h4-22,24-26,38-39,41-42,53-55H,23,27-29H2,1-3H3,(H,49,58)(H,50,57)(H,51,59)(H,52,61)/t38-,39-,41-,42+/m0/s1. The minimum atomic E-state index is -1.66. The fraction of sp³-hybridized carbons (Fsp3) is 0.250. The van der Waals surface area contributed by atoms with Crippen molar-refractivity contribution in [3.8, 4) is 17.2 Å². The molecule has 7 N–H and O–H groups in total. The number of aromatic hydroxyl groups is 3. The monoisotopic (exact) mass is 874 g/mol. The molecule has 0 saturated heterocycles. The first-order chi connectivity index (χ1) is 30.5. The Morgan fingerprint density at radius 2 is 1.00 bits per heavy atom. The van der Waals surface area contributed by atoms with Gasteiger partial charge in [-0.05, 0) is 72.9 Å². The fourth-order valence-electron chi connectivity index (χ4n) is 6.28. The van der Waals surface area contributed by atoms with E-state index >= 15 is 0 Å². The van der Waals surface area contributed by atoms with Crippen molar-refractivity contribution in [3.63, 3.8) is 0 Å². The average Bonchev–Trinajstić information content (AvgIpc) is 3.25. The van der Waals surface area contributed by atoms with Crippen LogP contribution in [0.1, 0.15) is 67.1 Å². The Labute approximate surface area is 369 Å². The number of alkyl carbamates (subject to hydrolysis) is 1. The van der Waals surface area contributed by atoms with Crippen LogP contribution in [-0.2, 0) is 57.8 Å². The van der Waals surface area contributed by atoms with E-state index in [0.717, 1.165) is 18.2 Å². The van der Waals surface area contributed by atoms with E-state index in [1.807, 2.05) is 0 Å². The molecule has 0 aliphatic rings. The second-order valence-corrected chi connectivity index (χ2v) is 15.7. The Morgan fingerprint density at radius 1 is 0.516 bits per heavy atom. The molecule has 16 heteroatoms. The molecular formula is C48H50N4O12. The maximum absolute atomic E-state index is 14.5. The summed E-state index contributed by atoms with van der Waals surface area (Å²) >= 11 is 0. The Bertz CT molecular complexity index is 2350. The van der Waals surface area contributed by atoms with Crippen molar-refractivity contribution in [2.24, 2.45) is 0 Å². The van der Waals surface area contributed by atoms with Crippen LogP contribution in [0.2, 0.25) is 0 Å². The second kappa shape index (κ2) is 22.3. The van der Waals surface area contributed by atoms with Gasteiger partial charge in [0.05, 0.1) is 6.42 Å². The number of carbonyl (C=O) groups is 6. The molecular weight excluding hydrogens is 825 g/mol. The van der Waals surface area contributed by atoms with E-state index in [2.05, 4.69) is 21.3 Å². The van der Waals surface area contributed by atoms with Gasteiger partial charge in [0.1, 0.15) is 60.2 Å². The van der Waals surface area contributed by atoms with Gasteiger partial charge in [-0.2, -0.15) is 0 Å². The van der Waals surface area contributed by atoms with Gasteiger partial charge in [-0.1, -0.05) is 103 Å². The lowest BCUT2D eigenvalue weighted by atomic mass is 10.0. The molecule has 0 aliphatic carbocycles. The predicted octanol–water partition coefficient (Wildman–Crippen LogP) is 5.32. The topological polar surface area (TPSA) is 239 Å². The number of carbonyl (C=O) groups excluding carboxylic acids is 6. The van der Waals surface area contributed by atoms with Crippen molar-refractivity contribution < 1.29 is 58.3 Å². The number of hydrogen-bond acceptors (Lipinski definition) is 12. The summed E-state index contributed by atoms with van der Waals surface area (Å²) < 4.78 is 16.3.